The van der Waals surface area contributed by atoms with Gasteiger partial charge in [-0.1, -0.05) is 30.3 Å². The van der Waals surface area contributed by atoms with Crippen molar-refractivity contribution in [2.45, 2.75) is 12.7 Å². The number of nitrogens with zero attached hydrogens (tertiary/aromatic N) is 2. The van der Waals surface area contributed by atoms with Crippen LogP contribution in [0.4, 0.5) is 40.8 Å². The number of nitrogens with one attached hydrogen (secondary N) is 1. The minimum Gasteiger partial charge on any atom is -0.342 e. The van der Waals surface area contributed by atoms with E-state index in [-0.39, 0.29) is 0 Å². The fourth-order valence-corrected chi connectivity index (χ4v) is 3.44. The standard InChI is InChI=1S/C23H13F8N3/c24-14-7-5-12(6-8-14)10-34-11-13(15-3-1-2-4-16(15)34)9-32-33-22-20(27)18(25)17(23(29,30)31)19(26)21(22)28/h1-9,11,33H,10H2/b32-9+. The number of fused-ring (bicyclic) bond motifs is 1. The molecule has 1 aromatic heterocycles. The third kappa shape index (κ3) is 4.33. The zero-order valence-corrected chi connectivity index (χ0v) is 16.9. The van der Waals surface area contributed by atoms with Crippen LogP contribution in [-0.4, -0.2) is 10.8 Å². The second-order valence-corrected chi connectivity index (χ2v) is 7.23. The van der Waals surface area contributed by atoms with Gasteiger partial charge >= 0.3 is 6.18 Å². The van der Waals surface area contributed by atoms with Crippen molar-refractivity contribution in [2.75, 3.05) is 5.43 Å². The molecule has 0 fully saturated rings. The van der Waals surface area contributed by atoms with Crippen molar-refractivity contribution < 1.29 is 35.1 Å². The fourth-order valence-electron chi connectivity index (χ4n) is 3.44. The minimum atomic E-state index is -5.63. The van der Waals surface area contributed by atoms with Crippen LogP contribution in [0.25, 0.3) is 10.9 Å². The van der Waals surface area contributed by atoms with Gasteiger partial charge in [-0.05, 0) is 23.8 Å². The van der Waals surface area contributed by atoms with Gasteiger partial charge in [0.1, 0.15) is 17.1 Å². The van der Waals surface area contributed by atoms with Crippen LogP contribution in [0.15, 0.2) is 59.8 Å². The van der Waals surface area contributed by atoms with Crippen molar-refractivity contribution in [2.24, 2.45) is 5.10 Å². The number of halogens is 8. The van der Waals surface area contributed by atoms with E-state index in [2.05, 4.69) is 5.10 Å². The molecular formula is C23H13F8N3. The number of para-hydroxylation sites is 1. The second kappa shape index (κ2) is 8.81. The van der Waals surface area contributed by atoms with Crippen LogP contribution in [0.2, 0.25) is 0 Å². The van der Waals surface area contributed by atoms with E-state index in [9.17, 15) is 35.1 Å². The lowest BCUT2D eigenvalue weighted by Crippen LogP contribution is -2.16. The van der Waals surface area contributed by atoms with E-state index in [1.165, 1.54) is 12.1 Å². The van der Waals surface area contributed by atoms with Crippen molar-refractivity contribution in [1.29, 1.82) is 0 Å². The van der Waals surface area contributed by atoms with E-state index in [0.717, 1.165) is 17.3 Å². The van der Waals surface area contributed by atoms with Crippen LogP contribution in [0, 0.1) is 29.1 Å². The molecule has 1 heterocycles. The molecular weight excluding hydrogens is 470 g/mol. The fraction of sp³-hybridized carbons (Fsp3) is 0.0870. The highest BCUT2D eigenvalue weighted by atomic mass is 19.4. The monoisotopic (exact) mass is 483 g/mol. The van der Waals surface area contributed by atoms with Crippen LogP contribution < -0.4 is 5.43 Å². The maximum atomic E-state index is 14.0. The summed E-state index contributed by atoms with van der Waals surface area (Å²) >= 11 is 0. The molecule has 0 saturated carbocycles. The highest BCUT2D eigenvalue weighted by Crippen LogP contribution is 2.38. The summed E-state index contributed by atoms with van der Waals surface area (Å²) in [7, 11) is 0. The Kier molecular flexibility index (Phi) is 6.03. The summed E-state index contributed by atoms with van der Waals surface area (Å²) in [4.78, 5) is 0. The maximum Gasteiger partial charge on any atom is 0.422 e. The Labute approximate surface area is 186 Å². The Morgan fingerprint density at radius 2 is 1.44 bits per heavy atom. The lowest BCUT2D eigenvalue weighted by Gasteiger charge is -2.13. The molecule has 0 unspecified atom stereocenters. The van der Waals surface area contributed by atoms with Gasteiger partial charge in [0, 0.05) is 29.2 Å². The molecule has 3 nitrogen and oxygen atoms in total. The molecule has 34 heavy (non-hydrogen) atoms. The average molecular weight is 483 g/mol. The first kappa shape index (κ1) is 23.3. The largest absolute Gasteiger partial charge is 0.422 e. The Morgan fingerprint density at radius 1 is 0.824 bits per heavy atom. The normalized spacial score (nSPS) is 12.1. The zero-order chi connectivity index (χ0) is 24.6. The van der Waals surface area contributed by atoms with Crippen molar-refractivity contribution in [3.8, 4) is 0 Å². The molecule has 0 spiro atoms. The number of anilines is 1. The molecule has 3 aromatic carbocycles. The molecule has 0 aliphatic heterocycles. The van der Waals surface area contributed by atoms with Crippen LogP contribution in [0.1, 0.15) is 16.7 Å². The molecule has 11 heteroatoms. The van der Waals surface area contributed by atoms with Crippen molar-refractivity contribution in [3.05, 3.63) is 101 Å². The summed E-state index contributed by atoms with van der Waals surface area (Å²) in [5.41, 5.74) is -0.486. The van der Waals surface area contributed by atoms with Gasteiger partial charge in [0.05, 0.1) is 6.21 Å². The van der Waals surface area contributed by atoms with Gasteiger partial charge in [-0.2, -0.15) is 18.3 Å². The summed E-state index contributed by atoms with van der Waals surface area (Å²) < 4.78 is 109. The number of hydrogen-bond donors (Lipinski definition) is 1. The highest BCUT2D eigenvalue weighted by molar-refractivity contribution is 5.99. The molecule has 0 radical (unpaired) electrons. The predicted octanol–water partition coefficient (Wildman–Crippen LogP) is 6.85. The van der Waals surface area contributed by atoms with E-state index < -0.39 is 46.5 Å². The van der Waals surface area contributed by atoms with E-state index in [1.807, 2.05) is 0 Å². The molecule has 0 bridgehead atoms. The van der Waals surface area contributed by atoms with Crippen molar-refractivity contribution >= 4 is 22.8 Å². The number of alkyl halides is 3. The van der Waals surface area contributed by atoms with Crippen LogP contribution in [0.3, 0.4) is 0 Å². The highest BCUT2D eigenvalue weighted by Gasteiger charge is 2.42. The van der Waals surface area contributed by atoms with Crippen LogP contribution in [-0.2, 0) is 12.7 Å². The SMILES string of the molecule is Fc1ccc(Cn2cc(/C=N/Nc3c(F)c(F)c(C(F)(F)F)c(F)c3F)c3ccccc32)cc1. The number of hydrazone groups is 1. The first-order valence-electron chi connectivity index (χ1n) is 9.62. The van der Waals surface area contributed by atoms with Gasteiger partial charge < -0.3 is 4.57 Å². The maximum absolute atomic E-state index is 14.0. The van der Waals surface area contributed by atoms with Gasteiger partial charge in [0.15, 0.2) is 23.3 Å². The third-order valence-electron chi connectivity index (χ3n) is 5.01. The van der Waals surface area contributed by atoms with E-state index >= 15 is 0 Å². The molecule has 4 rings (SSSR count). The van der Waals surface area contributed by atoms with E-state index in [0.29, 0.717) is 17.5 Å². The molecule has 0 saturated heterocycles. The van der Waals surface area contributed by atoms with Gasteiger partial charge in [0.2, 0.25) is 0 Å². The summed E-state index contributed by atoms with van der Waals surface area (Å²) in [5, 5.41) is 4.21. The summed E-state index contributed by atoms with van der Waals surface area (Å²) in [6.07, 6.45) is -2.92. The molecule has 4 aromatic rings. The van der Waals surface area contributed by atoms with Gasteiger partial charge in [-0.3, -0.25) is 5.43 Å². The molecule has 0 atom stereocenters. The predicted molar refractivity (Wildman–Crippen MR) is 110 cm³/mol. The Hall–Kier alpha value is -3.89. The number of rotatable bonds is 5. The quantitative estimate of drug-likeness (QED) is 0.143. The first-order valence-corrected chi connectivity index (χ1v) is 9.62. The third-order valence-corrected chi connectivity index (χ3v) is 5.01. The van der Waals surface area contributed by atoms with Gasteiger partial charge in [-0.25, -0.2) is 22.0 Å². The minimum absolute atomic E-state index is 0.348. The van der Waals surface area contributed by atoms with Gasteiger partial charge in [0.25, 0.3) is 0 Å². The Morgan fingerprint density at radius 3 is 2.06 bits per heavy atom. The molecule has 176 valence electrons. The first-order chi connectivity index (χ1) is 16.1. The Bertz CT molecular complexity index is 1360. The summed E-state index contributed by atoms with van der Waals surface area (Å²) in [6, 6.07) is 12.8. The van der Waals surface area contributed by atoms with Crippen molar-refractivity contribution in [1.82, 2.24) is 4.57 Å². The number of hydrogen-bond acceptors (Lipinski definition) is 2. The van der Waals surface area contributed by atoms with Gasteiger partial charge in [-0.15, -0.1) is 0 Å². The number of benzene rings is 3. The topological polar surface area (TPSA) is 29.3 Å². The molecule has 0 aliphatic carbocycles. The smallest absolute Gasteiger partial charge is 0.342 e. The number of aromatic nitrogens is 1. The second-order valence-electron chi connectivity index (χ2n) is 7.23. The lowest BCUT2D eigenvalue weighted by molar-refractivity contribution is -0.143. The lowest BCUT2D eigenvalue weighted by atomic mass is 10.1. The molecule has 0 amide bonds. The Balaban J connectivity index is 1.66. The summed E-state index contributed by atoms with van der Waals surface area (Å²) in [6.45, 7) is 0.348. The molecule has 0 aliphatic rings. The average Bonchev–Trinajstić information content (AvgIpc) is 3.13. The molecule has 1 N–H and O–H groups in total. The zero-order valence-electron chi connectivity index (χ0n) is 16.9. The van der Waals surface area contributed by atoms with Crippen LogP contribution >= 0.6 is 0 Å². The van der Waals surface area contributed by atoms with Crippen molar-refractivity contribution in [3.63, 3.8) is 0 Å². The van der Waals surface area contributed by atoms with E-state index in [4.69, 9.17) is 0 Å². The van der Waals surface area contributed by atoms with Crippen LogP contribution in [0.5, 0.6) is 0 Å². The van der Waals surface area contributed by atoms with E-state index in [1.54, 1.807) is 52.6 Å². The summed E-state index contributed by atoms with van der Waals surface area (Å²) in [5.74, 6) is -10.1.